The van der Waals surface area contributed by atoms with Gasteiger partial charge in [-0.15, -0.1) is 0 Å². The van der Waals surface area contributed by atoms with Crippen molar-refractivity contribution in [2.45, 2.75) is 0 Å². The SMILES string of the molecule is c1ccc(N2CN(c3cccc(Oc4ccc5c(c4)N(c4ncco4)c4ncccc4[Se]5)c3)c3ccccc32)cc1. The van der Waals surface area contributed by atoms with Gasteiger partial charge in [0.15, 0.2) is 0 Å². The molecule has 0 amide bonds. The van der Waals surface area contributed by atoms with Gasteiger partial charge < -0.3 is 0 Å². The maximum atomic E-state index is 6.47. The van der Waals surface area contributed by atoms with Crippen molar-refractivity contribution in [2.75, 3.05) is 21.4 Å². The van der Waals surface area contributed by atoms with Crippen molar-refractivity contribution < 1.29 is 9.15 Å². The maximum absolute atomic E-state index is 6.47. The zero-order chi connectivity index (χ0) is 27.2. The zero-order valence-corrected chi connectivity index (χ0v) is 23.5. The van der Waals surface area contributed by atoms with Crippen LogP contribution in [0.3, 0.4) is 0 Å². The molecule has 8 rings (SSSR count). The molecule has 8 heteroatoms. The summed E-state index contributed by atoms with van der Waals surface area (Å²) in [5, 5.41) is 0. The Labute approximate surface area is 243 Å². The Hall–Kier alpha value is -5.04. The maximum Gasteiger partial charge on any atom is -0.0383 e. The molecule has 4 aromatic carbocycles. The minimum absolute atomic E-state index is 0.105. The van der Waals surface area contributed by atoms with Gasteiger partial charge in [0.2, 0.25) is 0 Å². The van der Waals surface area contributed by atoms with E-state index in [9.17, 15) is 0 Å². The quantitative estimate of drug-likeness (QED) is 0.208. The van der Waals surface area contributed by atoms with E-state index in [1.807, 2.05) is 41.3 Å². The Morgan fingerprint density at radius 1 is 0.634 bits per heavy atom. The number of aromatic nitrogens is 2. The summed E-state index contributed by atoms with van der Waals surface area (Å²) in [6, 6.07) is 38.0. The minimum Gasteiger partial charge on any atom is -0.0602 e. The summed E-state index contributed by atoms with van der Waals surface area (Å²) < 4.78 is 14.6. The first-order chi connectivity index (χ1) is 20.3. The van der Waals surface area contributed by atoms with Crippen LogP contribution in [0.25, 0.3) is 0 Å². The number of hydrogen-bond acceptors (Lipinski definition) is 7. The molecule has 0 saturated heterocycles. The summed E-state index contributed by atoms with van der Waals surface area (Å²) in [6.45, 7) is 0.714. The van der Waals surface area contributed by atoms with Gasteiger partial charge in [0, 0.05) is 0 Å². The largest absolute Gasteiger partial charge is 0.0602 e. The number of para-hydroxylation sites is 3. The molecule has 2 aromatic heterocycles. The van der Waals surface area contributed by atoms with E-state index in [1.165, 1.54) is 14.6 Å². The monoisotopic (exact) mass is 601 g/mol. The van der Waals surface area contributed by atoms with E-state index in [2.05, 4.69) is 92.6 Å². The fourth-order valence-electron chi connectivity index (χ4n) is 5.32. The van der Waals surface area contributed by atoms with Crippen LogP contribution in [0.1, 0.15) is 0 Å². The molecule has 2 aliphatic heterocycles. The molecule has 2 aliphatic rings. The van der Waals surface area contributed by atoms with Crippen molar-refractivity contribution in [1.82, 2.24) is 9.97 Å². The van der Waals surface area contributed by atoms with Gasteiger partial charge in [0.1, 0.15) is 0 Å². The molecule has 7 nitrogen and oxygen atoms in total. The first-order valence-electron chi connectivity index (χ1n) is 13.3. The third-order valence-corrected chi connectivity index (χ3v) is 9.46. The van der Waals surface area contributed by atoms with E-state index in [0.717, 1.165) is 40.1 Å². The molecular formula is C33H23N5O2Se. The molecule has 0 unspecified atom stereocenters. The van der Waals surface area contributed by atoms with Crippen LogP contribution in [-0.4, -0.2) is 31.6 Å². The second-order valence-corrected chi connectivity index (χ2v) is 11.9. The summed E-state index contributed by atoms with van der Waals surface area (Å²) in [7, 11) is 0. The van der Waals surface area contributed by atoms with Gasteiger partial charge in [-0.2, -0.15) is 0 Å². The van der Waals surface area contributed by atoms with Gasteiger partial charge in [-0.3, -0.25) is 0 Å². The van der Waals surface area contributed by atoms with Crippen molar-refractivity contribution in [3.8, 4) is 11.5 Å². The average molecular weight is 601 g/mol. The molecule has 41 heavy (non-hydrogen) atoms. The normalized spacial score (nSPS) is 13.5. The molecule has 4 heterocycles. The predicted molar refractivity (Wildman–Crippen MR) is 163 cm³/mol. The Kier molecular flexibility index (Phi) is 5.72. The average Bonchev–Trinajstić information content (AvgIpc) is 3.69. The summed E-state index contributed by atoms with van der Waals surface area (Å²) in [4.78, 5) is 15.7. The number of oxazole rings is 1. The molecule has 0 bridgehead atoms. The molecule has 0 saturated carbocycles. The first kappa shape index (κ1) is 23.8. The number of anilines is 7. The van der Waals surface area contributed by atoms with Crippen molar-refractivity contribution in [2.24, 2.45) is 0 Å². The standard InChI is InChI=1S/C33H23N5O2Se/c1-2-8-23(9-3-1)36-22-37(28-13-5-4-12-27(28)36)24-10-6-11-25(20-24)40-26-15-16-30-29(21-26)38(33-35-18-19-39-33)32-31(41-30)14-7-17-34-32/h1-21H,22H2. The number of nitrogens with zero attached hydrogens (tertiary/aromatic N) is 5. The molecular weight excluding hydrogens is 577 g/mol. The van der Waals surface area contributed by atoms with Crippen molar-refractivity contribution in [1.29, 1.82) is 0 Å². The van der Waals surface area contributed by atoms with E-state index < -0.39 is 0 Å². The van der Waals surface area contributed by atoms with Crippen LogP contribution in [0.15, 0.2) is 132 Å². The minimum atomic E-state index is 0.105. The van der Waals surface area contributed by atoms with Crippen LogP contribution in [0.2, 0.25) is 0 Å². The Morgan fingerprint density at radius 2 is 1.41 bits per heavy atom. The molecule has 0 spiro atoms. The van der Waals surface area contributed by atoms with Gasteiger partial charge in [0.05, 0.1) is 0 Å². The summed E-state index contributed by atoms with van der Waals surface area (Å²) in [6.07, 6.45) is 5.04. The van der Waals surface area contributed by atoms with E-state index in [1.54, 1.807) is 18.7 Å². The van der Waals surface area contributed by atoms with Gasteiger partial charge in [-0.05, 0) is 12.1 Å². The Morgan fingerprint density at radius 3 is 2.24 bits per heavy atom. The number of pyridine rings is 1. The van der Waals surface area contributed by atoms with Crippen LogP contribution in [0.4, 0.5) is 40.3 Å². The third-order valence-electron chi connectivity index (χ3n) is 7.14. The van der Waals surface area contributed by atoms with Gasteiger partial charge in [-0.25, -0.2) is 0 Å². The summed E-state index contributed by atoms with van der Waals surface area (Å²) in [5.41, 5.74) is 5.55. The topological polar surface area (TPSA) is 57.9 Å². The van der Waals surface area contributed by atoms with Gasteiger partial charge in [0.25, 0.3) is 0 Å². The van der Waals surface area contributed by atoms with Crippen LogP contribution in [-0.2, 0) is 0 Å². The van der Waals surface area contributed by atoms with Gasteiger partial charge in [-0.1, -0.05) is 24.3 Å². The summed E-state index contributed by atoms with van der Waals surface area (Å²) in [5.74, 6) is 2.35. The number of rotatable bonds is 5. The van der Waals surface area contributed by atoms with Crippen LogP contribution in [0, 0.1) is 0 Å². The third kappa shape index (κ3) is 4.21. The summed E-state index contributed by atoms with van der Waals surface area (Å²) >= 11 is 0.105. The molecule has 0 atom stereocenters. The van der Waals surface area contributed by atoms with Crippen LogP contribution in [0.5, 0.6) is 11.5 Å². The smallest absolute Gasteiger partial charge is 0.0383 e. The fraction of sp³-hybridized carbons (Fsp3) is 0.0303. The van der Waals surface area contributed by atoms with Crippen LogP contribution < -0.4 is 28.4 Å². The number of fused-ring (bicyclic) bond motifs is 3. The molecule has 0 aliphatic carbocycles. The molecule has 0 N–H and O–H groups in total. The van der Waals surface area contributed by atoms with Crippen molar-refractivity contribution >= 4 is 64.1 Å². The molecule has 0 fully saturated rings. The second-order valence-electron chi connectivity index (χ2n) is 9.63. The van der Waals surface area contributed by atoms with E-state index >= 15 is 0 Å². The van der Waals surface area contributed by atoms with Crippen LogP contribution >= 0.6 is 0 Å². The van der Waals surface area contributed by atoms with E-state index in [-0.39, 0.29) is 15.0 Å². The predicted octanol–water partition coefficient (Wildman–Crippen LogP) is 6.55. The fourth-order valence-corrected chi connectivity index (χ4v) is 7.44. The van der Waals surface area contributed by atoms with E-state index in [4.69, 9.17) is 9.15 Å². The number of benzene rings is 4. The van der Waals surface area contributed by atoms with Gasteiger partial charge >= 0.3 is 208 Å². The number of hydrogen-bond donors (Lipinski definition) is 0. The zero-order valence-electron chi connectivity index (χ0n) is 21.8. The van der Waals surface area contributed by atoms with Crippen molar-refractivity contribution in [3.05, 3.63) is 128 Å². The first-order valence-corrected chi connectivity index (χ1v) is 15.0. The molecule has 6 aromatic rings. The number of ether oxygens (including phenoxy) is 1. The van der Waals surface area contributed by atoms with E-state index in [0.29, 0.717) is 12.7 Å². The molecule has 198 valence electrons. The van der Waals surface area contributed by atoms with Crippen molar-refractivity contribution in [3.63, 3.8) is 0 Å². The second kappa shape index (κ2) is 9.86. The Balaban J connectivity index is 1.12. The Bertz CT molecular complexity index is 1860. The molecule has 0 radical (unpaired) electrons.